The number of benzene rings is 2. The molecule has 0 bridgehead atoms. The third kappa shape index (κ3) is 7.65. The van der Waals surface area contributed by atoms with Gasteiger partial charge in [0.1, 0.15) is 0 Å². The van der Waals surface area contributed by atoms with Crippen LogP contribution >= 0.6 is 35.6 Å². The highest BCUT2D eigenvalue weighted by molar-refractivity contribution is 14.0. The normalized spacial score (nSPS) is 11.6. The molecule has 0 aliphatic heterocycles. The molecule has 0 fully saturated rings. The van der Waals surface area contributed by atoms with Gasteiger partial charge in [0.2, 0.25) is 10.0 Å². The molecule has 148 valence electrons. The van der Waals surface area contributed by atoms with Gasteiger partial charge in [-0.15, -0.1) is 24.0 Å². The summed E-state index contributed by atoms with van der Waals surface area (Å²) in [5.74, 6) is 0.648. The van der Waals surface area contributed by atoms with Gasteiger partial charge in [-0.25, -0.2) is 18.1 Å². The fourth-order valence-corrected chi connectivity index (χ4v) is 3.29. The number of nitrogens with one attached hydrogen (secondary N) is 3. The van der Waals surface area contributed by atoms with Crippen LogP contribution in [0, 0.1) is 0 Å². The Kier molecular flexibility index (Phi) is 10.1. The summed E-state index contributed by atoms with van der Waals surface area (Å²) in [6, 6.07) is 14.3. The van der Waals surface area contributed by atoms with Crippen molar-refractivity contribution in [3.8, 4) is 0 Å². The molecule has 0 unspecified atom stereocenters. The van der Waals surface area contributed by atoms with Gasteiger partial charge >= 0.3 is 0 Å². The van der Waals surface area contributed by atoms with Gasteiger partial charge in [0, 0.05) is 18.1 Å². The van der Waals surface area contributed by atoms with Crippen LogP contribution in [0.4, 0.5) is 0 Å². The van der Waals surface area contributed by atoms with Crippen molar-refractivity contribution in [3.05, 3.63) is 64.7 Å². The Labute approximate surface area is 182 Å². The number of aliphatic imine (C=N–C) groups is 1. The second-order valence-electron chi connectivity index (χ2n) is 5.53. The zero-order valence-electron chi connectivity index (χ0n) is 15.2. The number of hydrogen-bond donors (Lipinski definition) is 3. The minimum atomic E-state index is -3.46. The van der Waals surface area contributed by atoms with E-state index in [4.69, 9.17) is 11.6 Å². The highest BCUT2D eigenvalue weighted by atomic mass is 127. The van der Waals surface area contributed by atoms with E-state index in [0.29, 0.717) is 24.1 Å². The monoisotopic (exact) mass is 522 g/mol. The molecule has 0 spiro atoms. The highest BCUT2D eigenvalue weighted by Gasteiger charge is 2.11. The van der Waals surface area contributed by atoms with Crippen molar-refractivity contribution in [2.45, 2.75) is 24.9 Å². The first-order valence-electron chi connectivity index (χ1n) is 8.23. The van der Waals surface area contributed by atoms with Gasteiger partial charge in [-0.1, -0.05) is 35.9 Å². The molecule has 0 atom stereocenters. The highest BCUT2D eigenvalue weighted by Crippen LogP contribution is 2.12. The van der Waals surface area contributed by atoms with Crippen LogP contribution in [0.5, 0.6) is 0 Å². The van der Waals surface area contributed by atoms with Crippen molar-refractivity contribution >= 4 is 51.6 Å². The Bertz CT molecular complexity index is 875. The zero-order valence-corrected chi connectivity index (χ0v) is 19.1. The lowest BCUT2D eigenvalue weighted by Gasteiger charge is -2.12. The molecule has 0 aliphatic rings. The minimum Gasteiger partial charge on any atom is -0.357 e. The first-order chi connectivity index (χ1) is 12.4. The quantitative estimate of drug-likeness (QED) is 0.296. The fourth-order valence-electron chi connectivity index (χ4n) is 2.27. The molecule has 0 saturated heterocycles. The Morgan fingerprint density at radius 2 is 1.78 bits per heavy atom. The second kappa shape index (κ2) is 11.5. The molecule has 0 aliphatic carbocycles. The first-order valence-corrected chi connectivity index (χ1v) is 10.1. The lowest BCUT2D eigenvalue weighted by Crippen LogP contribution is -2.36. The SMILES string of the molecule is CCNC(=NCc1cccc(S(=O)(=O)NC)c1)NCc1cccc(Cl)c1.I. The Morgan fingerprint density at radius 3 is 2.44 bits per heavy atom. The fraction of sp³-hybridized carbons (Fsp3) is 0.278. The van der Waals surface area contributed by atoms with Crippen molar-refractivity contribution in [2.24, 2.45) is 4.99 Å². The van der Waals surface area contributed by atoms with Crippen LogP contribution in [0.15, 0.2) is 58.4 Å². The van der Waals surface area contributed by atoms with E-state index in [0.717, 1.165) is 17.7 Å². The van der Waals surface area contributed by atoms with Gasteiger partial charge in [-0.3, -0.25) is 0 Å². The third-order valence-electron chi connectivity index (χ3n) is 3.59. The maximum Gasteiger partial charge on any atom is 0.240 e. The van der Waals surface area contributed by atoms with E-state index >= 15 is 0 Å². The van der Waals surface area contributed by atoms with Crippen LogP contribution in [0.2, 0.25) is 5.02 Å². The van der Waals surface area contributed by atoms with E-state index in [2.05, 4.69) is 20.3 Å². The van der Waals surface area contributed by atoms with Gasteiger partial charge in [0.25, 0.3) is 0 Å². The van der Waals surface area contributed by atoms with Crippen molar-refractivity contribution in [1.82, 2.24) is 15.4 Å². The second-order valence-corrected chi connectivity index (χ2v) is 7.86. The standard InChI is InChI=1S/C18H23ClN4O2S.HI/c1-3-21-18(22-12-14-6-4-8-16(19)10-14)23-13-15-7-5-9-17(11-15)26(24,25)20-2;/h4-11,20H,3,12-13H2,1-2H3,(H2,21,22,23);1H. The lowest BCUT2D eigenvalue weighted by atomic mass is 10.2. The van der Waals surface area contributed by atoms with Crippen LogP contribution in [-0.2, 0) is 23.1 Å². The van der Waals surface area contributed by atoms with E-state index in [1.54, 1.807) is 18.2 Å². The number of sulfonamides is 1. The molecule has 2 rings (SSSR count). The maximum atomic E-state index is 11.9. The molecule has 2 aromatic carbocycles. The molecule has 0 amide bonds. The topological polar surface area (TPSA) is 82.6 Å². The van der Waals surface area contributed by atoms with Crippen LogP contribution in [0.25, 0.3) is 0 Å². The smallest absolute Gasteiger partial charge is 0.240 e. The third-order valence-corrected chi connectivity index (χ3v) is 5.24. The number of halogens is 2. The molecular weight excluding hydrogens is 499 g/mol. The molecule has 2 aromatic rings. The number of nitrogens with zero attached hydrogens (tertiary/aromatic N) is 1. The van der Waals surface area contributed by atoms with Crippen molar-refractivity contribution < 1.29 is 8.42 Å². The van der Waals surface area contributed by atoms with Crippen LogP contribution in [-0.4, -0.2) is 28.0 Å². The van der Waals surface area contributed by atoms with Crippen molar-refractivity contribution in [2.75, 3.05) is 13.6 Å². The molecule has 0 saturated carbocycles. The van der Waals surface area contributed by atoms with Crippen molar-refractivity contribution in [1.29, 1.82) is 0 Å². The summed E-state index contributed by atoms with van der Waals surface area (Å²) in [7, 11) is -2.07. The summed E-state index contributed by atoms with van der Waals surface area (Å²) in [4.78, 5) is 4.74. The predicted molar refractivity (Wildman–Crippen MR) is 121 cm³/mol. The average molecular weight is 523 g/mol. The molecule has 27 heavy (non-hydrogen) atoms. The largest absolute Gasteiger partial charge is 0.357 e. The van der Waals surface area contributed by atoms with Gasteiger partial charge in [0.15, 0.2) is 5.96 Å². The van der Waals surface area contributed by atoms with Crippen LogP contribution in [0.3, 0.4) is 0 Å². The molecule has 9 heteroatoms. The summed E-state index contributed by atoms with van der Waals surface area (Å²) in [6.45, 7) is 3.64. The molecule has 0 radical (unpaired) electrons. The van der Waals surface area contributed by atoms with Crippen LogP contribution < -0.4 is 15.4 Å². The Balaban J connectivity index is 0.00000364. The molecule has 3 N–H and O–H groups in total. The summed E-state index contributed by atoms with van der Waals surface area (Å²) < 4.78 is 26.1. The van der Waals surface area contributed by atoms with Gasteiger partial charge in [0.05, 0.1) is 11.4 Å². The molecular formula is C18H24ClIN4O2S. The van der Waals surface area contributed by atoms with E-state index in [1.165, 1.54) is 7.05 Å². The average Bonchev–Trinajstić information content (AvgIpc) is 2.64. The maximum absolute atomic E-state index is 11.9. The first kappa shape index (κ1) is 23.7. The summed E-state index contributed by atoms with van der Waals surface area (Å²) >= 11 is 6.00. The van der Waals surface area contributed by atoms with E-state index in [9.17, 15) is 8.42 Å². The number of rotatable bonds is 7. The van der Waals surface area contributed by atoms with E-state index in [1.807, 2.05) is 37.3 Å². The Hall–Kier alpha value is -1.36. The van der Waals surface area contributed by atoms with Gasteiger partial charge in [-0.2, -0.15) is 0 Å². The number of guanidine groups is 1. The van der Waals surface area contributed by atoms with Crippen molar-refractivity contribution in [3.63, 3.8) is 0 Å². The van der Waals surface area contributed by atoms with Crippen LogP contribution in [0.1, 0.15) is 18.1 Å². The minimum absolute atomic E-state index is 0. The van der Waals surface area contributed by atoms with E-state index < -0.39 is 10.0 Å². The summed E-state index contributed by atoms with van der Waals surface area (Å²) in [5, 5.41) is 7.10. The molecule has 0 aromatic heterocycles. The Morgan fingerprint density at radius 1 is 1.07 bits per heavy atom. The van der Waals surface area contributed by atoms with E-state index in [-0.39, 0.29) is 28.9 Å². The van der Waals surface area contributed by atoms with Gasteiger partial charge in [-0.05, 0) is 49.4 Å². The summed E-state index contributed by atoms with van der Waals surface area (Å²) in [6.07, 6.45) is 0. The predicted octanol–water partition coefficient (Wildman–Crippen LogP) is 3.12. The molecule has 6 nitrogen and oxygen atoms in total. The lowest BCUT2D eigenvalue weighted by molar-refractivity contribution is 0.588. The zero-order chi connectivity index (χ0) is 19.0. The summed E-state index contributed by atoms with van der Waals surface area (Å²) in [5.41, 5.74) is 1.85. The molecule has 0 heterocycles. The van der Waals surface area contributed by atoms with Gasteiger partial charge < -0.3 is 10.6 Å². The number of hydrogen-bond acceptors (Lipinski definition) is 3.